The molecule has 0 radical (unpaired) electrons. The lowest BCUT2D eigenvalue weighted by atomic mass is 10.2. The molecular weight excluding hydrogens is 354 g/mol. The number of thioether (sulfide) groups is 1. The predicted molar refractivity (Wildman–Crippen MR) is 104 cm³/mol. The van der Waals surface area contributed by atoms with Crippen molar-refractivity contribution in [2.45, 2.75) is 57.6 Å². The van der Waals surface area contributed by atoms with Gasteiger partial charge < -0.3 is 10.1 Å². The Hall–Kier alpha value is -1.18. The molecule has 5 nitrogen and oxygen atoms in total. The molecule has 0 saturated carbocycles. The number of fused-ring (bicyclic) bond motifs is 3. The fourth-order valence-corrected chi connectivity index (χ4v) is 5.27. The molecule has 1 aliphatic rings. The summed E-state index contributed by atoms with van der Waals surface area (Å²) in [6.45, 7) is 7.28. The molecule has 0 bridgehead atoms. The Kier molecular flexibility index (Phi) is 6.30. The van der Waals surface area contributed by atoms with Crippen LogP contribution in [0.5, 0.6) is 0 Å². The molecule has 1 amide bonds. The lowest BCUT2D eigenvalue weighted by Gasteiger charge is -2.09. The summed E-state index contributed by atoms with van der Waals surface area (Å²) in [4.78, 5) is 23.8. The minimum absolute atomic E-state index is 0.0471. The number of nitrogens with zero attached hydrogens (tertiary/aromatic N) is 2. The van der Waals surface area contributed by atoms with Crippen molar-refractivity contribution in [3.8, 4) is 0 Å². The lowest BCUT2D eigenvalue weighted by molar-refractivity contribution is -0.118. The molecule has 1 N–H and O–H groups in total. The van der Waals surface area contributed by atoms with Crippen molar-refractivity contribution in [2.24, 2.45) is 0 Å². The van der Waals surface area contributed by atoms with Crippen LogP contribution in [-0.2, 0) is 22.4 Å². The maximum absolute atomic E-state index is 12.1. The first kappa shape index (κ1) is 18.6. The van der Waals surface area contributed by atoms with Gasteiger partial charge in [-0.2, -0.15) is 0 Å². The maximum atomic E-state index is 12.1. The fourth-order valence-electron chi connectivity index (χ4n) is 2.97. The van der Waals surface area contributed by atoms with Gasteiger partial charge in [0.25, 0.3) is 0 Å². The van der Waals surface area contributed by atoms with Crippen LogP contribution in [0.25, 0.3) is 10.2 Å². The number of nitrogens with one attached hydrogen (secondary N) is 1. The summed E-state index contributed by atoms with van der Waals surface area (Å²) in [5.74, 6) is 1.22. The standard InChI is InChI=1S/C18H25N3O2S2/c1-11(2)23-9-5-8-19-15(22)10-24-17-16-13-6-4-7-14(13)25-18(16)21-12(3)20-17/h11H,4-10H2,1-3H3,(H,19,22). The van der Waals surface area contributed by atoms with E-state index in [1.54, 1.807) is 11.3 Å². The van der Waals surface area contributed by atoms with Crippen LogP contribution in [0.15, 0.2) is 5.03 Å². The number of aromatic nitrogens is 2. The van der Waals surface area contributed by atoms with Crippen molar-refractivity contribution in [3.63, 3.8) is 0 Å². The minimum atomic E-state index is 0.0471. The average Bonchev–Trinajstić information content (AvgIpc) is 3.12. The SMILES string of the molecule is Cc1nc(SCC(=O)NCCCOC(C)C)c2c3c(sc2n1)CCC3. The molecule has 0 aliphatic heterocycles. The molecule has 0 spiro atoms. The highest BCUT2D eigenvalue weighted by molar-refractivity contribution is 8.00. The summed E-state index contributed by atoms with van der Waals surface area (Å²) in [7, 11) is 0. The van der Waals surface area contributed by atoms with Crippen molar-refractivity contribution < 1.29 is 9.53 Å². The number of ether oxygens (including phenoxy) is 1. The van der Waals surface area contributed by atoms with E-state index in [1.165, 1.54) is 34.0 Å². The quantitative estimate of drug-likeness (QED) is 0.432. The largest absolute Gasteiger partial charge is 0.379 e. The number of aryl methyl sites for hydroxylation is 3. The van der Waals surface area contributed by atoms with E-state index in [1.807, 2.05) is 20.8 Å². The fraction of sp³-hybridized carbons (Fsp3) is 0.611. The highest BCUT2D eigenvalue weighted by Gasteiger charge is 2.22. The highest BCUT2D eigenvalue weighted by Crippen LogP contribution is 2.40. The highest BCUT2D eigenvalue weighted by atomic mass is 32.2. The summed E-state index contributed by atoms with van der Waals surface area (Å²) >= 11 is 3.32. The molecule has 3 rings (SSSR count). The topological polar surface area (TPSA) is 64.1 Å². The van der Waals surface area contributed by atoms with Gasteiger partial charge in [0, 0.05) is 23.4 Å². The summed E-state index contributed by atoms with van der Waals surface area (Å²) in [6.07, 6.45) is 4.55. The first-order chi connectivity index (χ1) is 12.0. The molecule has 2 heterocycles. The van der Waals surface area contributed by atoms with E-state index < -0.39 is 0 Å². The Morgan fingerprint density at radius 3 is 3.00 bits per heavy atom. The molecule has 25 heavy (non-hydrogen) atoms. The number of carbonyl (C=O) groups is 1. The molecule has 2 aromatic rings. The Labute approximate surface area is 157 Å². The molecule has 0 atom stereocenters. The van der Waals surface area contributed by atoms with Crippen LogP contribution in [0.4, 0.5) is 0 Å². The zero-order valence-electron chi connectivity index (χ0n) is 15.1. The van der Waals surface area contributed by atoms with Crippen molar-refractivity contribution in [1.82, 2.24) is 15.3 Å². The molecule has 0 unspecified atom stereocenters. The van der Waals surface area contributed by atoms with E-state index in [9.17, 15) is 4.79 Å². The zero-order chi connectivity index (χ0) is 17.8. The molecule has 136 valence electrons. The first-order valence-electron chi connectivity index (χ1n) is 8.84. The maximum Gasteiger partial charge on any atom is 0.230 e. The van der Waals surface area contributed by atoms with Crippen molar-refractivity contribution in [3.05, 3.63) is 16.3 Å². The van der Waals surface area contributed by atoms with Crippen molar-refractivity contribution >= 4 is 39.2 Å². The van der Waals surface area contributed by atoms with Crippen LogP contribution in [0.2, 0.25) is 0 Å². The Morgan fingerprint density at radius 2 is 2.20 bits per heavy atom. The van der Waals surface area contributed by atoms with E-state index in [2.05, 4.69) is 15.3 Å². The molecule has 0 fully saturated rings. The number of amides is 1. The minimum Gasteiger partial charge on any atom is -0.379 e. The van der Waals surface area contributed by atoms with Crippen LogP contribution in [0.1, 0.15) is 43.0 Å². The third-order valence-electron chi connectivity index (χ3n) is 4.08. The third kappa shape index (κ3) is 4.71. The monoisotopic (exact) mass is 379 g/mol. The second-order valence-electron chi connectivity index (χ2n) is 6.53. The predicted octanol–water partition coefficient (Wildman–Crippen LogP) is 3.51. The van der Waals surface area contributed by atoms with Gasteiger partial charge in [0.2, 0.25) is 5.91 Å². The van der Waals surface area contributed by atoms with Gasteiger partial charge in [-0.25, -0.2) is 9.97 Å². The number of hydrogen-bond donors (Lipinski definition) is 1. The van der Waals surface area contributed by atoms with Gasteiger partial charge in [-0.05, 0) is 52.0 Å². The van der Waals surface area contributed by atoms with Gasteiger partial charge >= 0.3 is 0 Å². The molecule has 2 aromatic heterocycles. The van der Waals surface area contributed by atoms with Crippen LogP contribution in [-0.4, -0.2) is 40.9 Å². The first-order valence-corrected chi connectivity index (χ1v) is 10.6. The number of rotatable bonds is 8. The van der Waals surface area contributed by atoms with Gasteiger partial charge in [0.05, 0.1) is 11.9 Å². The van der Waals surface area contributed by atoms with Crippen LogP contribution >= 0.6 is 23.1 Å². The van der Waals surface area contributed by atoms with E-state index >= 15 is 0 Å². The van der Waals surface area contributed by atoms with Crippen LogP contribution in [0.3, 0.4) is 0 Å². The summed E-state index contributed by atoms with van der Waals surface area (Å²) in [5, 5.41) is 5.10. The Balaban J connectivity index is 1.57. The van der Waals surface area contributed by atoms with E-state index in [0.717, 1.165) is 34.9 Å². The number of thiophene rings is 1. The Bertz CT molecular complexity index is 758. The smallest absolute Gasteiger partial charge is 0.230 e. The number of carbonyl (C=O) groups excluding carboxylic acids is 1. The van der Waals surface area contributed by atoms with Gasteiger partial charge in [0.15, 0.2) is 0 Å². The summed E-state index contributed by atoms with van der Waals surface area (Å²) in [5.41, 5.74) is 1.41. The third-order valence-corrected chi connectivity index (χ3v) is 6.24. The zero-order valence-corrected chi connectivity index (χ0v) is 16.7. The van der Waals surface area contributed by atoms with Crippen molar-refractivity contribution in [2.75, 3.05) is 18.9 Å². The van der Waals surface area contributed by atoms with E-state index in [4.69, 9.17) is 4.74 Å². The van der Waals surface area contributed by atoms with Gasteiger partial charge in [-0.1, -0.05) is 11.8 Å². The van der Waals surface area contributed by atoms with E-state index in [-0.39, 0.29) is 12.0 Å². The molecular formula is C18H25N3O2S2. The second-order valence-corrected chi connectivity index (χ2v) is 8.57. The van der Waals surface area contributed by atoms with Crippen LogP contribution in [0, 0.1) is 6.92 Å². The normalized spacial score (nSPS) is 13.6. The second kappa shape index (κ2) is 8.47. The molecule has 0 saturated heterocycles. The molecule has 1 aliphatic carbocycles. The van der Waals surface area contributed by atoms with Crippen LogP contribution < -0.4 is 5.32 Å². The van der Waals surface area contributed by atoms with Crippen molar-refractivity contribution in [1.29, 1.82) is 0 Å². The molecule has 0 aromatic carbocycles. The van der Waals surface area contributed by atoms with Gasteiger partial charge in [-0.15, -0.1) is 11.3 Å². The Morgan fingerprint density at radius 1 is 1.36 bits per heavy atom. The average molecular weight is 380 g/mol. The van der Waals surface area contributed by atoms with E-state index in [0.29, 0.717) is 18.9 Å². The molecule has 7 heteroatoms. The number of hydrogen-bond acceptors (Lipinski definition) is 6. The summed E-state index contributed by atoms with van der Waals surface area (Å²) < 4.78 is 5.48. The lowest BCUT2D eigenvalue weighted by Crippen LogP contribution is -2.27. The van der Waals surface area contributed by atoms with Gasteiger partial charge in [-0.3, -0.25) is 4.79 Å². The van der Waals surface area contributed by atoms with Gasteiger partial charge in [0.1, 0.15) is 15.7 Å². The summed E-state index contributed by atoms with van der Waals surface area (Å²) in [6, 6.07) is 0.